The molecule has 10 heteroatoms. The first-order chi connectivity index (χ1) is 15.0. The van der Waals surface area contributed by atoms with E-state index in [9.17, 15) is 0 Å². The molecule has 162 valence electrons. The second-order valence-electron chi connectivity index (χ2n) is 8.39. The van der Waals surface area contributed by atoms with E-state index >= 15 is 0 Å². The van der Waals surface area contributed by atoms with E-state index < -0.39 is 0 Å². The Morgan fingerprint density at radius 3 is 2.65 bits per heavy atom. The number of halogens is 1. The van der Waals surface area contributed by atoms with Crippen LogP contribution in [0.25, 0.3) is 11.4 Å². The number of hydrogen-bond donors (Lipinski definition) is 1. The highest BCUT2D eigenvalue weighted by Crippen LogP contribution is 2.74. The lowest BCUT2D eigenvalue weighted by molar-refractivity contribution is 0.0972. The van der Waals surface area contributed by atoms with Crippen LogP contribution in [-0.4, -0.2) is 42.1 Å². The smallest absolute Gasteiger partial charge is 0.235 e. The van der Waals surface area contributed by atoms with Crippen molar-refractivity contribution in [3.05, 3.63) is 47.3 Å². The first-order valence-electron chi connectivity index (χ1n) is 10.3. The Morgan fingerprint density at radius 1 is 1.23 bits per heavy atom. The van der Waals surface area contributed by atoms with E-state index in [1.807, 2.05) is 19.3 Å². The monoisotopic (exact) mass is 457 g/mol. The van der Waals surface area contributed by atoms with Crippen LogP contribution in [0.2, 0.25) is 5.02 Å². The zero-order chi connectivity index (χ0) is 21.6. The van der Waals surface area contributed by atoms with Crippen LogP contribution >= 0.6 is 23.5 Å². The van der Waals surface area contributed by atoms with Gasteiger partial charge in [-0.05, 0) is 62.1 Å². The Hall–Kier alpha value is -2.23. The highest BCUT2D eigenvalue weighted by atomic mass is 35.5. The topological polar surface area (TPSA) is 90.6 Å². The van der Waals surface area contributed by atoms with E-state index in [4.69, 9.17) is 16.3 Å². The first kappa shape index (κ1) is 20.7. The summed E-state index contributed by atoms with van der Waals surface area (Å²) in [5.41, 5.74) is 2.55. The van der Waals surface area contributed by atoms with Gasteiger partial charge in [0.05, 0.1) is 10.3 Å². The maximum Gasteiger partial charge on any atom is 0.235 e. The lowest BCUT2D eigenvalue weighted by Gasteiger charge is -2.21. The van der Waals surface area contributed by atoms with Crippen molar-refractivity contribution in [2.75, 3.05) is 11.8 Å². The number of nitrogens with one attached hydrogen (secondary N) is 1. The minimum Gasteiger partial charge on any atom is -0.372 e. The first-order valence-corrected chi connectivity index (χ1v) is 11.6. The summed E-state index contributed by atoms with van der Waals surface area (Å²) in [6, 6.07) is 2.54. The van der Waals surface area contributed by atoms with Gasteiger partial charge in [-0.15, -0.1) is 10.2 Å². The van der Waals surface area contributed by atoms with Gasteiger partial charge in [-0.1, -0.05) is 11.6 Å². The Morgan fingerprint density at radius 2 is 2.00 bits per heavy atom. The van der Waals surface area contributed by atoms with Gasteiger partial charge in [0, 0.05) is 43.5 Å². The largest absolute Gasteiger partial charge is 0.372 e. The molecule has 0 aliphatic heterocycles. The molecule has 1 N–H and O–H groups in total. The molecule has 0 bridgehead atoms. The lowest BCUT2D eigenvalue weighted by Crippen LogP contribution is -2.19. The molecule has 2 aliphatic carbocycles. The third kappa shape index (κ3) is 4.02. The summed E-state index contributed by atoms with van der Waals surface area (Å²) < 4.78 is 11.3. The van der Waals surface area contributed by atoms with Gasteiger partial charge in [0.15, 0.2) is 11.6 Å². The molecular formula is C21H24ClN7OS. The van der Waals surface area contributed by atoms with Crippen molar-refractivity contribution in [2.24, 2.45) is 5.41 Å². The van der Waals surface area contributed by atoms with Gasteiger partial charge in [-0.3, -0.25) is 14.3 Å². The molecule has 3 aromatic rings. The quantitative estimate of drug-likeness (QED) is 0.488. The van der Waals surface area contributed by atoms with Crippen LogP contribution in [0, 0.1) is 12.3 Å². The average molecular weight is 458 g/mol. The van der Waals surface area contributed by atoms with Crippen molar-refractivity contribution in [3.63, 3.8) is 0 Å². The van der Waals surface area contributed by atoms with Crippen LogP contribution in [-0.2, 0) is 4.74 Å². The number of methoxy groups -OCH3 is 1. The number of nitrogens with zero attached hydrogens (tertiary/aromatic N) is 6. The minimum absolute atomic E-state index is 0.0227. The Balaban J connectivity index is 1.37. The summed E-state index contributed by atoms with van der Waals surface area (Å²) in [5.74, 6) is 2.22. The summed E-state index contributed by atoms with van der Waals surface area (Å²) >= 11 is 7.44. The number of rotatable bonds is 8. The standard InChI is InChI=1S/C21H24ClN7OS/c1-12-6-14(9-23-8-12)19-26-27-20(29(19)16-7-21(16)4-5-21)28-31-13(2)17(30-3)18-24-10-15(22)11-25-18/h6,8-11,13,16-17H,4-5,7H2,1-3H3,(H,27,28). The number of aryl methyl sites for hydroxylation is 1. The molecule has 2 saturated carbocycles. The molecule has 0 radical (unpaired) electrons. The van der Waals surface area contributed by atoms with Crippen molar-refractivity contribution >= 4 is 29.5 Å². The molecule has 1 spiro atoms. The van der Waals surface area contributed by atoms with Gasteiger partial charge in [0.1, 0.15) is 6.10 Å². The molecular weight excluding hydrogens is 434 g/mol. The number of pyridine rings is 1. The van der Waals surface area contributed by atoms with Crippen LogP contribution in [0.1, 0.15) is 49.7 Å². The van der Waals surface area contributed by atoms with Crippen LogP contribution in [0.3, 0.4) is 0 Å². The molecule has 3 heterocycles. The molecule has 3 aromatic heterocycles. The number of ether oxygens (including phenoxy) is 1. The van der Waals surface area contributed by atoms with Gasteiger partial charge in [-0.2, -0.15) is 0 Å². The zero-order valence-electron chi connectivity index (χ0n) is 17.6. The summed E-state index contributed by atoms with van der Waals surface area (Å²) in [7, 11) is 1.66. The van der Waals surface area contributed by atoms with Crippen molar-refractivity contribution in [2.45, 2.75) is 50.5 Å². The van der Waals surface area contributed by atoms with E-state index in [-0.39, 0.29) is 11.4 Å². The molecule has 0 amide bonds. The summed E-state index contributed by atoms with van der Waals surface area (Å²) in [5, 5.41) is 9.53. The molecule has 5 rings (SSSR count). The molecule has 2 aliphatic rings. The van der Waals surface area contributed by atoms with Crippen molar-refractivity contribution in [1.29, 1.82) is 0 Å². The highest BCUT2D eigenvalue weighted by molar-refractivity contribution is 8.01. The lowest BCUT2D eigenvalue weighted by atomic mass is 10.2. The van der Waals surface area contributed by atoms with Crippen molar-refractivity contribution in [1.82, 2.24) is 29.7 Å². The summed E-state index contributed by atoms with van der Waals surface area (Å²) in [6.07, 6.45) is 10.3. The number of anilines is 1. The second kappa shape index (κ2) is 8.03. The van der Waals surface area contributed by atoms with E-state index in [0.29, 0.717) is 22.3 Å². The van der Waals surface area contributed by atoms with E-state index in [0.717, 1.165) is 22.9 Å². The molecule has 0 saturated heterocycles. The Labute approximate surface area is 190 Å². The van der Waals surface area contributed by atoms with Gasteiger partial charge >= 0.3 is 0 Å². The minimum atomic E-state index is -0.290. The van der Waals surface area contributed by atoms with Crippen molar-refractivity contribution < 1.29 is 4.74 Å². The van der Waals surface area contributed by atoms with Crippen LogP contribution < -0.4 is 4.72 Å². The fourth-order valence-corrected chi connectivity index (χ4v) is 4.99. The van der Waals surface area contributed by atoms with Gasteiger partial charge in [0.2, 0.25) is 5.95 Å². The number of hydrogen-bond acceptors (Lipinski definition) is 8. The van der Waals surface area contributed by atoms with Crippen molar-refractivity contribution in [3.8, 4) is 11.4 Å². The van der Waals surface area contributed by atoms with E-state index in [2.05, 4.69) is 47.4 Å². The fraction of sp³-hybridized carbons (Fsp3) is 0.476. The fourth-order valence-electron chi connectivity index (χ4n) is 4.10. The predicted octanol–water partition coefficient (Wildman–Crippen LogP) is 4.65. The van der Waals surface area contributed by atoms with Crippen LogP contribution in [0.15, 0.2) is 30.9 Å². The third-order valence-corrected chi connectivity index (χ3v) is 7.21. The average Bonchev–Trinajstić information content (AvgIpc) is 3.66. The predicted molar refractivity (Wildman–Crippen MR) is 121 cm³/mol. The maximum atomic E-state index is 5.92. The molecule has 3 atom stereocenters. The maximum absolute atomic E-state index is 5.92. The molecule has 0 aromatic carbocycles. The molecule has 2 fully saturated rings. The number of aromatic nitrogens is 6. The Bertz CT molecular complexity index is 1090. The van der Waals surface area contributed by atoms with E-state index in [1.165, 1.54) is 31.2 Å². The third-order valence-electron chi connectivity index (χ3n) is 6.09. The zero-order valence-corrected chi connectivity index (χ0v) is 19.2. The Kier molecular flexibility index (Phi) is 5.35. The second-order valence-corrected chi connectivity index (χ2v) is 10.0. The van der Waals surface area contributed by atoms with Gasteiger partial charge in [0.25, 0.3) is 0 Å². The van der Waals surface area contributed by atoms with E-state index in [1.54, 1.807) is 19.5 Å². The summed E-state index contributed by atoms with van der Waals surface area (Å²) in [4.78, 5) is 13.0. The molecule has 3 unspecified atom stereocenters. The highest BCUT2D eigenvalue weighted by Gasteiger charge is 2.64. The molecule has 8 nitrogen and oxygen atoms in total. The van der Waals surface area contributed by atoms with Gasteiger partial charge in [-0.25, -0.2) is 9.97 Å². The summed E-state index contributed by atoms with van der Waals surface area (Å²) in [6.45, 7) is 4.10. The van der Waals surface area contributed by atoms with Gasteiger partial charge < -0.3 is 4.74 Å². The van der Waals surface area contributed by atoms with Crippen LogP contribution in [0.5, 0.6) is 0 Å². The molecule has 31 heavy (non-hydrogen) atoms. The van der Waals surface area contributed by atoms with Crippen LogP contribution in [0.4, 0.5) is 5.95 Å². The normalized spacial score (nSPS) is 20.5. The SMILES string of the molecule is COC(c1ncc(Cl)cn1)C(C)SNc1nnc(-c2cncc(C)c2)n1C1CC12CC2.